The monoisotopic (exact) mass is 322 g/mol. The number of hydrogen-bond donors (Lipinski definition) is 2. The van der Waals surface area contributed by atoms with Gasteiger partial charge in [-0.15, -0.1) is 0 Å². The number of rotatable bonds is 7. The maximum atomic E-state index is 13.3. The van der Waals surface area contributed by atoms with Crippen molar-refractivity contribution in [3.05, 3.63) is 35.3 Å². The minimum atomic E-state index is -0.357. The number of aromatic nitrogens is 2. The van der Waals surface area contributed by atoms with Gasteiger partial charge >= 0.3 is 0 Å². The lowest BCUT2D eigenvalue weighted by Gasteiger charge is -2.05. The molecule has 9 heteroatoms. The first-order chi connectivity index (χ1) is 11.2. The molecule has 2 aromatic rings. The molecule has 0 spiro atoms. The lowest BCUT2D eigenvalue weighted by atomic mass is 10.2. The summed E-state index contributed by atoms with van der Waals surface area (Å²) in [4.78, 5) is 14.4. The summed E-state index contributed by atoms with van der Waals surface area (Å²) in [5.74, 6) is -0.401. The number of aryl methyl sites for hydroxylation is 1. The Kier molecular flexibility index (Phi) is 5.75. The Morgan fingerprint density at radius 3 is 3.04 bits per heavy atom. The fraction of sp³-hybridized carbons (Fsp3) is 0.286. The summed E-state index contributed by atoms with van der Waals surface area (Å²) in [5.41, 5.74) is 2.75. The SMILES string of the molecule is Cc1cc(N=C(NO)c2nonc2OCCCC=O)ccc1F. The van der Waals surface area contributed by atoms with Crippen LogP contribution in [0.15, 0.2) is 27.8 Å². The highest BCUT2D eigenvalue weighted by Gasteiger charge is 2.18. The zero-order chi connectivity index (χ0) is 16.7. The molecule has 8 nitrogen and oxygen atoms in total. The lowest BCUT2D eigenvalue weighted by molar-refractivity contribution is -0.108. The Balaban J connectivity index is 2.20. The van der Waals surface area contributed by atoms with Crippen molar-refractivity contribution in [2.75, 3.05) is 6.61 Å². The first kappa shape index (κ1) is 16.6. The second-order valence-electron chi connectivity index (χ2n) is 4.58. The van der Waals surface area contributed by atoms with Gasteiger partial charge in [-0.2, -0.15) is 0 Å². The molecule has 0 amide bonds. The molecule has 1 aromatic carbocycles. The van der Waals surface area contributed by atoms with Gasteiger partial charge in [0.2, 0.25) is 5.69 Å². The van der Waals surface area contributed by atoms with Crippen LogP contribution >= 0.6 is 0 Å². The van der Waals surface area contributed by atoms with Crippen molar-refractivity contribution in [2.24, 2.45) is 4.99 Å². The molecule has 0 fully saturated rings. The zero-order valence-electron chi connectivity index (χ0n) is 12.3. The molecule has 1 aromatic heterocycles. The zero-order valence-corrected chi connectivity index (χ0v) is 12.3. The van der Waals surface area contributed by atoms with E-state index in [9.17, 15) is 14.4 Å². The van der Waals surface area contributed by atoms with Crippen molar-refractivity contribution < 1.29 is 23.8 Å². The summed E-state index contributed by atoms with van der Waals surface area (Å²) < 4.78 is 23.2. The normalized spacial score (nSPS) is 11.3. The summed E-state index contributed by atoms with van der Waals surface area (Å²) in [6.45, 7) is 1.83. The van der Waals surface area contributed by atoms with Gasteiger partial charge in [-0.1, -0.05) is 0 Å². The largest absolute Gasteiger partial charge is 0.474 e. The Morgan fingerprint density at radius 2 is 2.35 bits per heavy atom. The molecule has 23 heavy (non-hydrogen) atoms. The Labute approximate surface area is 130 Å². The van der Waals surface area contributed by atoms with E-state index < -0.39 is 0 Å². The maximum absolute atomic E-state index is 13.3. The highest BCUT2D eigenvalue weighted by Crippen LogP contribution is 2.20. The number of halogens is 1. The number of ether oxygens (including phenoxy) is 1. The van der Waals surface area contributed by atoms with Crippen molar-refractivity contribution in [1.82, 2.24) is 15.8 Å². The number of nitrogens with one attached hydrogen (secondary N) is 1. The molecule has 122 valence electrons. The number of aliphatic imine (C=N–C) groups is 1. The summed E-state index contributed by atoms with van der Waals surface area (Å²) in [6.07, 6.45) is 1.64. The number of nitrogens with zero attached hydrogens (tertiary/aromatic N) is 3. The summed E-state index contributed by atoms with van der Waals surface area (Å²) in [7, 11) is 0. The van der Waals surface area contributed by atoms with Gasteiger partial charge in [-0.05, 0) is 47.4 Å². The number of amidine groups is 1. The Bertz CT molecular complexity index is 702. The van der Waals surface area contributed by atoms with Crippen LogP contribution in [0.3, 0.4) is 0 Å². The minimum absolute atomic E-state index is 0.0232. The smallest absolute Gasteiger partial charge is 0.287 e. The van der Waals surface area contributed by atoms with E-state index in [0.717, 1.165) is 6.29 Å². The third-order valence-corrected chi connectivity index (χ3v) is 2.88. The Hall–Kier alpha value is -2.81. The van der Waals surface area contributed by atoms with Crippen LogP contribution in [0.1, 0.15) is 24.1 Å². The van der Waals surface area contributed by atoms with E-state index in [-0.39, 0.29) is 29.8 Å². The summed E-state index contributed by atoms with van der Waals surface area (Å²) in [5, 5.41) is 16.4. The number of benzene rings is 1. The topological polar surface area (TPSA) is 110 Å². The van der Waals surface area contributed by atoms with Crippen molar-refractivity contribution in [3.63, 3.8) is 0 Å². The van der Waals surface area contributed by atoms with Gasteiger partial charge in [0.1, 0.15) is 12.1 Å². The predicted octanol–water partition coefficient (Wildman–Crippen LogP) is 1.93. The number of hydroxylamine groups is 1. The van der Waals surface area contributed by atoms with Crippen LogP contribution in [0.4, 0.5) is 10.1 Å². The van der Waals surface area contributed by atoms with E-state index in [1.54, 1.807) is 6.92 Å². The molecule has 2 rings (SSSR count). The van der Waals surface area contributed by atoms with Gasteiger partial charge < -0.3 is 9.53 Å². The molecule has 0 aliphatic carbocycles. The van der Waals surface area contributed by atoms with E-state index in [2.05, 4.69) is 19.9 Å². The van der Waals surface area contributed by atoms with Crippen LogP contribution in [0.5, 0.6) is 5.88 Å². The molecular weight excluding hydrogens is 307 g/mol. The molecule has 0 saturated carbocycles. The van der Waals surface area contributed by atoms with Gasteiger partial charge in [0.05, 0.1) is 12.3 Å². The van der Waals surface area contributed by atoms with Gasteiger partial charge in [0, 0.05) is 6.42 Å². The molecule has 0 bridgehead atoms. The van der Waals surface area contributed by atoms with Gasteiger partial charge in [0.15, 0.2) is 5.84 Å². The van der Waals surface area contributed by atoms with Crippen LogP contribution in [-0.4, -0.2) is 34.2 Å². The molecular formula is C14H15FN4O4. The van der Waals surface area contributed by atoms with E-state index in [0.29, 0.717) is 24.1 Å². The average Bonchev–Trinajstić information content (AvgIpc) is 3.01. The molecule has 2 N–H and O–H groups in total. The fourth-order valence-electron chi connectivity index (χ4n) is 1.71. The highest BCUT2D eigenvalue weighted by atomic mass is 19.1. The predicted molar refractivity (Wildman–Crippen MR) is 77.3 cm³/mol. The van der Waals surface area contributed by atoms with Gasteiger partial charge in [0.25, 0.3) is 5.88 Å². The first-order valence-electron chi connectivity index (χ1n) is 6.80. The van der Waals surface area contributed by atoms with Crippen molar-refractivity contribution in [1.29, 1.82) is 0 Å². The number of carbonyl (C=O) groups is 1. The third kappa shape index (κ3) is 4.33. The molecule has 0 unspecified atom stereocenters. The molecule has 1 heterocycles. The van der Waals surface area contributed by atoms with Gasteiger partial charge in [-0.25, -0.2) is 14.0 Å². The molecule has 0 aliphatic heterocycles. The minimum Gasteiger partial charge on any atom is -0.474 e. The molecule has 0 saturated heterocycles. The second kappa shape index (κ2) is 7.99. The van der Waals surface area contributed by atoms with E-state index >= 15 is 0 Å². The Morgan fingerprint density at radius 1 is 1.52 bits per heavy atom. The van der Waals surface area contributed by atoms with E-state index in [1.165, 1.54) is 18.2 Å². The van der Waals surface area contributed by atoms with Crippen molar-refractivity contribution in [2.45, 2.75) is 19.8 Å². The lowest BCUT2D eigenvalue weighted by Crippen LogP contribution is -2.21. The van der Waals surface area contributed by atoms with Crippen LogP contribution in [0.2, 0.25) is 0 Å². The summed E-state index contributed by atoms with van der Waals surface area (Å²) >= 11 is 0. The average molecular weight is 322 g/mol. The van der Waals surface area contributed by atoms with E-state index in [4.69, 9.17) is 4.74 Å². The maximum Gasteiger partial charge on any atom is 0.287 e. The van der Waals surface area contributed by atoms with Gasteiger partial charge in [-0.3, -0.25) is 10.7 Å². The first-order valence-corrected chi connectivity index (χ1v) is 6.80. The number of hydrogen-bond acceptors (Lipinski definition) is 7. The third-order valence-electron chi connectivity index (χ3n) is 2.88. The van der Waals surface area contributed by atoms with Crippen molar-refractivity contribution in [3.8, 4) is 5.88 Å². The van der Waals surface area contributed by atoms with Crippen LogP contribution in [0, 0.1) is 12.7 Å². The molecule has 0 aliphatic rings. The number of carbonyl (C=O) groups excluding carboxylic acids is 1. The fourth-order valence-corrected chi connectivity index (χ4v) is 1.71. The molecule has 0 radical (unpaired) electrons. The standard InChI is InChI=1S/C14H15FN4O4/c1-9-8-10(4-5-11(9)15)16-13(17-21)12-14(19-23-18-12)22-7-3-2-6-20/h4-6,8,21H,2-3,7H2,1H3,(H,16,17). The van der Waals surface area contributed by atoms with Crippen molar-refractivity contribution >= 4 is 17.8 Å². The second-order valence-corrected chi connectivity index (χ2v) is 4.58. The van der Waals surface area contributed by atoms with Crippen LogP contribution in [0.25, 0.3) is 0 Å². The highest BCUT2D eigenvalue weighted by molar-refractivity contribution is 5.99. The number of aldehydes is 1. The van der Waals surface area contributed by atoms with E-state index in [1.807, 2.05) is 5.48 Å². The number of unbranched alkanes of at least 4 members (excludes halogenated alkanes) is 1. The van der Waals surface area contributed by atoms with Crippen LogP contribution in [-0.2, 0) is 4.79 Å². The quantitative estimate of drug-likeness (QED) is 0.263. The van der Waals surface area contributed by atoms with Crippen LogP contribution < -0.4 is 10.2 Å². The molecule has 0 atom stereocenters. The summed E-state index contributed by atoms with van der Waals surface area (Å²) in [6, 6.07) is 4.21.